The minimum atomic E-state index is 0.236. The lowest BCUT2D eigenvalue weighted by Gasteiger charge is -2.18. The summed E-state index contributed by atoms with van der Waals surface area (Å²) in [6.45, 7) is 0.910. The Morgan fingerprint density at radius 1 is 1.15 bits per heavy atom. The van der Waals surface area contributed by atoms with E-state index in [1.54, 1.807) is 6.20 Å². The Morgan fingerprint density at radius 2 is 1.96 bits per heavy atom. The first-order valence-corrected chi connectivity index (χ1v) is 8.63. The quantitative estimate of drug-likeness (QED) is 0.530. The molecule has 0 saturated carbocycles. The molecule has 4 N–H and O–H groups in total. The zero-order chi connectivity index (χ0) is 18.5. The van der Waals surface area contributed by atoms with E-state index >= 15 is 0 Å². The fraction of sp³-hybridized carbons (Fsp3) is 0.158. The SMILES string of the molecule is N#CC(=CNc1ccc(C2CCNc3ccccc3N2)cc1)c1nn[nH]n1. The van der Waals surface area contributed by atoms with Gasteiger partial charge in [-0.15, -0.1) is 10.2 Å². The van der Waals surface area contributed by atoms with Gasteiger partial charge in [0.2, 0.25) is 5.82 Å². The second-order valence-electron chi connectivity index (χ2n) is 6.13. The van der Waals surface area contributed by atoms with Crippen LogP contribution in [0.3, 0.4) is 0 Å². The largest absolute Gasteiger partial charge is 0.383 e. The maximum atomic E-state index is 9.20. The van der Waals surface area contributed by atoms with Gasteiger partial charge in [-0.25, -0.2) is 0 Å². The van der Waals surface area contributed by atoms with Gasteiger partial charge < -0.3 is 16.0 Å². The number of rotatable bonds is 4. The molecule has 1 aromatic heterocycles. The molecule has 1 atom stereocenters. The highest BCUT2D eigenvalue weighted by Gasteiger charge is 2.16. The zero-order valence-electron chi connectivity index (χ0n) is 14.5. The van der Waals surface area contributed by atoms with Gasteiger partial charge in [-0.05, 0) is 41.5 Å². The fourth-order valence-electron chi connectivity index (χ4n) is 3.01. The summed E-state index contributed by atoms with van der Waals surface area (Å²) in [6.07, 6.45) is 2.56. The van der Waals surface area contributed by atoms with Gasteiger partial charge in [-0.3, -0.25) is 0 Å². The number of hydrogen-bond acceptors (Lipinski definition) is 7. The topological polar surface area (TPSA) is 114 Å². The standard InChI is InChI=1S/C19H18N8/c20-11-14(19-24-26-27-25-19)12-22-15-7-5-13(6-8-15)16-9-10-21-17-3-1-2-4-18(17)23-16/h1-8,12,16,21-23H,9-10H2,(H,24,25,26,27). The number of nitrogens with zero attached hydrogens (tertiary/aromatic N) is 4. The third-order valence-electron chi connectivity index (χ3n) is 4.41. The van der Waals surface area contributed by atoms with E-state index in [1.165, 1.54) is 5.56 Å². The van der Waals surface area contributed by atoms with Crippen molar-refractivity contribution in [1.82, 2.24) is 20.6 Å². The summed E-state index contributed by atoms with van der Waals surface area (Å²) in [7, 11) is 0. The van der Waals surface area contributed by atoms with Crippen LogP contribution in [0.15, 0.2) is 54.7 Å². The smallest absolute Gasteiger partial charge is 0.216 e. The van der Waals surface area contributed by atoms with E-state index in [2.05, 4.69) is 66.9 Å². The maximum Gasteiger partial charge on any atom is 0.216 e. The van der Waals surface area contributed by atoms with E-state index < -0.39 is 0 Å². The van der Waals surface area contributed by atoms with Crippen molar-refractivity contribution in [3.8, 4) is 6.07 Å². The van der Waals surface area contributed by atoms with E-state index in [0.717, 1.165) is 30.0 Å². The van der Waals surface area contributed by atoms with Gasteiger partial charge in [0, 0.05) is 18.4 Å². The highest BCUT2D eigenvalue weighted by Crippen LogP contribution is 2.31. The van der Waals surface area contributed by atoms with Crippen molar-refractivity contribution in [3.05, 3.63) is 66.1 Å². The molecule has 0 fully saturated rings. The van der Waals surface area contributed by atoms with Crippen molar-refractivity contribution >= 4 is 22.6 Å². The number of para-hydroxylation sites is 2. The van der Waals surface area contributed by atoms with E-state index in [-0.39, 0.29) is 11.9 Å². The molecule has 27 heavy (non-hydrogen) atoms. The van der Waals surface area contributed by atoms with Gasteiger partial charge in [-0.1, -0.05) is 24.3 Å². The van der Waals surface area contributed by atoms with Crippen LogP contribution in [0.4, 0.5) is 17.1 Å². The minimum absolute atomic E-state index is 0.236. The molecular formula is C19H18N8. The van der Waals surface area contributed by atoms with Crippen molar-refractivity contribution in [3.63, 3.8) is 0 Å². The van der Waals surface area contributed by atoms with Crippen molar-refractivity contribution in [1.29, 1.82) is 5.26 Å². The molecule has 8 heteroatoms. The Labute approximate surface area is 156 Å². The van der Waals surface area contributed by atoms with E-state index in [1.807, 2.05) is 24.3 Å². The number of tetrazole rings is 1. The summed E-state index contributed by atoms with van der Waals surface area (Å²) in [5.74, 6) is 0.260. The highest BCUT2D eigenvalue weighted by molar-refractivity contribution is 5.74. The number of aromatic nitrogens is 4. The van der Waals surface area contributed by atoms with Crippen molar-refractivity contribution in [2.24, 2.45) is 0 Å². The number of aromatic amines is 1. The van der Waals surface area contributed by atoms with Crippen LogP contribution in [0.25, 0.3) is 5.57 Å². The van der Waals surface area contributed by atoms with Crippen LogP contribution in [0.2, 0.25) is 0 Å². The van der Waals surface area contributed by atoms with Gasteiger partial charge in [0.15, 0.2) is 0 Å². The number of nitriles is 1. The van der Waals surface area contributed by atoms with Gasteiger partial charge in [-0.2, -0.15) is 10.5 Å². The number of fused-ring (bicyclic) bond motifs is 1. The molecule has 1 aliphatic rings. The summed E-state index contributed by atoms with van der Waals surface area (Å²) < 4.78 is 0. The average Bonchev–Trinajstić information content (AvgIpc) is 3.15. The number of benzene rings is 2. The van der Waals surface area contributed by atoms with E-state index in [9.17, 15) is 5.26 Å². The lowest BCUT2D eigenvalue weighted by molar-refractivity contribution is 0.732. The van der Waals surface area contributed by atoms with Gasteiger partial charge >= 0.3 is 0 Å². The molecule has 2 heterocycles. The first-order chi connectivity index (χ1) is 13.3. The molecule has 0 saturated heterocycles. The zero-order valence-corrected chi connectivity index (χ0v) is 14.5. The molecule has 0 spiro atoms. The molecule has 0 amide bonds. The lowest BCUT2D eigenvalue weighted by Crippen LogP contribution is -2.11. The predicted octanol–water partition coefficient (Wildman–Crippen LogP) is 3.15. The number of nitrogens with one attached hydrogen (secondary N) is 4. The van der Waals surface area contributed by atoms with Gasteiger partial charge in [0.1, 0.15) is 11.6 Å². The number of H-pyrrole nitrogens is 1. The molecule has 3 aromatic rings. The van der Waals surface area contributed by atoms with Crippen molar-refractivity contribution in [2.75, 3.05) is 22.5 Å². The summed E-state index contributed by atoms with van der Waals surface area (Å²) in [5, 5.41) is 32.8. The number of hydrogen-bond donors (Lipinski definition) is 4. The molecule has 4 rings (SSSR count). The minimum Gasteiger partial charge on any atom is -0.383 e. The van der Waals surface area contributed by atoms with Crippen LogP contribution < -0.4 is 16.0 Å². The molecule has 0 bridgehead atoms. The Hall–Kier alpha value is -3.86. The summed E-state index contributed by atoms with van der Waals surface area (Å²) in [5.41, 5.74) is 4.64. The Balaban J connectivity index is 1.47. The molecule has 8 nitrogen and oxygen atoms in total. The normalized spacial score (nSPS) is 16.3. The molecular weight excluding hydrogens is 340 g/mol. The third-order valence-corrected chi connectivity index (χ3v) is 4.41. The lowest BCUT2D eigenvalue weighted by atomic mass is 10.0. The van der Waals surface area contributed by atoms with Gasteiger partial charge in [0.05, 0.1) is 17.4 Å². The van der Waals surface area contributed by atoms with Gasteiger partial charge in [0.25, 0.3) is 0 Å². The Kier molecular flexibility index (Phi) is 4.66. The van der Waals surface area contributed by atoms with Crippen LogP contribution in [-0.4, -0.2) is 27.2 Å². The third kappa shape index (κ3) is 3.72. The fourth-order valence-corrected chi connectivity index (χ4v) is 3.01. The van der Waals surface area contributed by atoms with Crippen LogP contribution in [0.1, 0.15) is 23.9 Å². The highest BCUT2D eigenvalue weighted by atomic mass is 15.5. The first-order valence-electron chi connectivity index (χ1n) is 8.63. The molecule has 1 unspecified atom stereocenters. The number of anilines is 3. The van der Waals surface area contributed by atoms with Crippen LogP contribution in [-0.2, 0) is 0 Å². The number of allylic oxidation sites excluding steroid dienone is 1. The van der Waals surface area contributed by atoms with Crippen molar-refractivity contribution < 1.29 is 0 Å². The van der Waals surface area contributed by atoms with Crippen molar-refractivity contribution in [2.45, 2.75) is 12.5 Å². The predicted molar refractivity (Wildman–Crippen MR) is 104 cm³/mol. The summed E-state index contributed by atoms with van der Waals surface area (Å²) in [6, 6.07) is 18.7. The Morgan fingerprint density at radius 3 is 2.70 bits per heavy atom. The summed E-state index contributed by atoms with van der Waals surface area (Å²) in [4.78, 5) is 0. The molecule has 0 radical (unpaired) electrons. The molecule has 0 aliphatic carbocycles. The second kappa shape index (κ2) is 7.58. The van der Waals surface area contributed by atoms with E-state index in [4.69, 9.17) is 0 Å². The van der Waals surface area contributed by atoms with Crippen LogP contribution in [0.5, 0.6) is 0 Å². The maximum absolute atomic E-state index is 9.20. The monoisotopic (exact) mass is 358 g/mol. The van der Waals surface area contributed by atoms with Crippen LogP contribution >= 0.6 is 0 Å². The first kappa shape index (κ1) is 16.6. The Bertz CT molecular complexity index is 970. The summed E-state index contributed by atoms with van der Waals surface area (Å²) >= 11 is 0. The van der Waals surface area contributed by atoms with Crippen LogP contribution in [0, 0.1) is 11.3 Å². The molecule has 1 aliphatic heterocycles. The molecule has 2 aromatic carbocycles. The average molecular weight is 358 g/mol. The van der Waals surface area contributed by atoms with E-state index in [0.29, 0.717) is 5.57 Å². The second-order valence-corrected chi connectivity index (χ2v) is 6.13. The molecule has 134 valence electrons.